The first-order valence-corrected chi connectivity index (χ1v) is 6.62. The average molecular weight is 287 g/mol. The first-order valence-electron chi connectivity index (χ1n) is 6.62. The number of hydrogen-bond donors (Lipinski definition) is 2. The lowest BCUT2D eigenvalue weighted by Gasteiger charge is -2.27. The molecule has 0 aromatic heterocycles. The number of anilines is 1. The van der Waals surface area contributed by atoms with E-state index in [2.05, 4.69) is 5.32 Å². The van der Waals surface area contributed by atoms with Crippen LogP contribution in [0.5, 0.6) is 0 Å². The molecule has 1 fully saturated rings. The molecule has 1 aliphatic heterocycles. The third kappa shape index (κ3) is 3.68. The van der Waals surface area contributed by atoms with Gasteiger partial charge in [0.25, 0.3) is 5.91 Å². The number of benzene rings is 1. The number of likely N-dealkylation sites (tertiary alicyclic amines) is 1. The van der Waals surface area contributed by atoms with Crippen molar-refractivity contribution in [3.8, 4) is 0 Å². The highest BCUT2D eigenvalue weighted by Crippen LogP contribution is 2.12. The van der Waals surface area contributed by atoms with E-state index in [9.17, 15) is 14.4 Å². The Morgan fingerprint density at radius 2 is 2.19 bits per heavy atom. The maximum atomic E-state index is 11.8. The summed E-state index contributed by atoms with van der Waals surface area (Å²) in [5.41, 5.74) is 7.05. The van der Waals surface area contributed by atoms with Gasteiger partial charge in [0.15, 0.2) is 0 Å². The maximum Gasteiger partial charge on any atom is 0.251 e. The number of likely N-dealkylation sites (N-methyl/N-ethyl adjacent to an activating group) is 1. The molecule has 3 amide bonds. The van der Waals surface area contributed by atoms with Crippen LogP contribution in [0, 0.1) is 0 Å². The number of nitrogens with zero attached hydrogens (tertiary/aromatic N) is 1. The maximum absolute atomic E-state index is 11.8. The Morgan fingerprint density at radius 3 is 2.90 bits per heavy atom. The molecule has 1 heterocycles. The molecule has 3 N–H and O–H groups in total. The van der Waals surface area contributed by atoms with Crippen LogP contribution in [-0.2, 0) is 14.4 Å². The van der Waals surface area contributed by atoms with Gasteiger partial charge in [0.2, 0.25) is 11.8 Å². The first-order chi connectivity index (χ1) is 9.97. The van der Waals surface area contributed by atoms with Gasteiger partial charge in [-0.15, -0.1) is 0 Å². The van der Waals surface area contributed by atoms with Gasteiger partial charge in [-0.05, 0) is 30.2 Å². The van der Waals surface area contributed by atoms with Gasteiger partial charge < -0.3 is 11.1 Å². The Kier molecular flexibility index (Phi) is 4.37. The van der Waals surface area contributed by atoms with Crippen LogP contribution in [0.3, 0.4) is 0 Å². The number of piperidine rings is 1. The molecule has 1 unspecified atom stereocenters. The Bertz CT molecular complexity index is 610. The number of nitrogens with two attached hydrogens (primary N) is 1. The number of carbonyl (C=O) groups excluding carboxylic acids is 3. The third-order valence-corrected chi connectivity index (χ3v) is 3.30. The van der Waals surface area contributed by atoms with Crippen molar-refractivity contribution < 1.29 is 14.4 Å². The minimum atomic E-state index is -0.648. The first kappa shape index (κ1) is 14.8. The van der Waals surface area contributed by atoms with Crippen molar-refractivity contribution in [2.45, 2.75) is 18.9 Å². The van der Waals surface area contributed by atoms with Crippen LogP contribution in [-0.4, -0.2) is 35.7 Å². The van der Waals surface area contributed by atoms with E-state index in [1.165, 1.54) is 13.1 Å². The Hall–Kier alpha value is -2.63. The second-order valence-electron chi connectivity index (χ2n) is 4.89. The molecule has 1 saturated heterocycles. The highest BCUT2D eigenvalue weighted by Gasteiger charge is 2.32. The van der Waals surface area contributed by atoms with Gasteiger partial charge in [0.1, 0.15) is 6.04 Å². The molecule has 1 aromatic rings. The van der Waals surface area contributed by atoms with E-state index in [1.54, 1.807) is 24.3 Å². The second-order valence-corrected chi connectivity index (χ2v) is 4.89. The van der Waals surface area contributed by atoms with Crippen LogP contribution in [0.1, 0.15) is 18.4 Å². The Labute approximate surface area is 122 Å². The standard InChI is InChI=1S/C15H17N3O3/c1-18-14(20)8-6-12(15(18)21)17-13(19)7-5-10-3-2-4-11(16)9-10/h2-5,7,9,12H,6,8,16H2,1H3,(H,17,19)/b7-5+. The molecule has 6 heteroatoms. The van der Waals surface area contributed by atoms with Crippen LogP contribution in [0.15, 0.2) is 30.3 Å². The van der Waals surface area contributed by atoms with Crippen LogP contribution in [0.2, 0.25) is 0 Å². The summed E-state index contributed by atoms with van der Waals surface area (Å²) in [6, 6.07) is 6.45. The molecule has 21 heavy (non-hydrogen) atoms. The molecule has 2 rings (SSSR count). The van der Waals surface area contributed by atoms with Crippen LogP contribution in [0.25, 0.3) is 6.08 Å². The van der Waals surface area contributed by atoms with Gasteiger partial charge in [-0.2, -0.15) is 0 Å². The van der Waals surface area contributed by atoms with Crippen LogP contribution in [0.4, 0.5) is 5.69 Å². The van der Waals surface area contributed by atoms with E-state index >= 15 is 0 Å². The van der Waals surface area contributed by atoms with E-state index < -0.39 is 6.04 Å². The van der Waals surface area contributed by atoms with E-state index in [-0.39, 0.29) is 24.1 Å². The number of amides is 3. The summed E-state index contributed by atoms with van der Waals surface area (Å²) in [6.45, 7) is 0. The van der Waals surface area contributed by atoms with Crippen molar-refractivity contribution in [3.63, 3.8) is 0 Å². The van der Waals surface area contributed by atoms with Gasteiger partial charge in [-0.3, -0.25) is 19.3 Å². The van der Waals surface area contributed by atoms with Crippen molar-refractivity contribution in [1.29, 1.82) is 0 Å². The predicted octanol–water partition coefficient (Wildman–Crippen LogP) is 0.546. The van der Waals surface area contributed by atoms with Crippen LogP contribution >= 0.6 is 0 Å². The van der Waals surface area contributed by atoms with Gasteiger partial charge in [0, 0.05) is 25.2 Å². The lowest BCUT2D eigenvalue weighted by molar-refractivity contribution is -0.149. The molecular formula is C15H17N3O3. The number of nitrogens with one attached hydrogen (secondary N) is 1. The Morgan fingerprint density at radius 1 is 1.43 bits per heavy atom. The van der Waals surface area contributed by atoms with Gasteiger partial charge >= 0.3 is 0 Å². The fourth-order valence-corrected chi connectivity index (χ4v) is 2.10. The normalized spacial score (nSPS) is 19.1. The monoisotopic (exact) mass is 287 g/mol. The molecule has 1 aliphatic rings. The molecule has 1 aromatic carbocycles. The molecule has 110 valence electrons. The van der Waals surface area contributed by atoms with E-state index in [1.807, 2.05) is 6.07 Å². The number of nitrogen functional groups attached to an aromatic ring is 1. The molecule has 0 spiro atoms. The molecule has 0 radical (unpaired) electrons. The zero-order chi connectivity index (χ0) is 15.4. The molecule has 1 atom stereocenters. The minimum absolute atomic E-state index is 0.221. The van der Waals surface area contributed by atoms with E-state index in [0.29, 0.717) is 12.1 Å². The summed E-state index contributed by atoms with van der Waals surface area (Å²) in [4.78, 5) is 36.1. The number of carbonyl (C=O) groups is 3. The van der Waals surface area contributed by atoms with Crippen molar-refractivity contribution >= 4 is 29.5 Å². The predicted molar refractivity (Wildman–Crippen MR) is 78.8 cm³/mol. The van der Waals surface area contributed by atoms with Crippen molar-refractivity contribution in [3.05, 3.63) is 35.9 Å². The van der Waals surface area contributed by atoms with Crippen molar-refractivity contribution in [2.24, 2.45) is 0 Å². The largest absolute Gasteiger partial charge is 0.399 e. The van der Waals surface area contributed by atoms with E-state index in [4.69, 9.17) is 5.73 Å². The molecule has 6 nitrogen and oxygen atoms in total. The summed E-state index contributed by atoms with van der Waals surface area (Å²) in [6.07, 6.45) is 3.55. The van der Waals surface area contributed by atoms with E-state index in [0.717, 1.165) is 10.5 Å². The van der Waals surface area contributed by atoms with Gasteiger partial charge in [-0.25, -0.2) is 0 Å². The fraction of sp³-hybridized carbons (Fsp3) is 0.267. The quantitative estimate of drug-likeness (QED) is 0.482. The molecule has 0 saturated carbocycles. The smallest absolute Gasteiger partial charge is 0.251 e. The Balaban J connectivity index is 1.96. The van der Waals surface area contributed by atoms with Crippen molar-refractivity contribution in [2.75, 3.05) is 12.8 Å². The van der Waals surface area contributed by atoms with Crippen molar-refractivity contribution in [1.82, 2.24) is 10.2 Å². The SMILES string of the molecule is CN1C(=O)CCC(NC(=O)/C=C/c2cccc(N)c2)C1=O. The topological polar surface area (TPSA) is 92.5 Å². The molecule has 0 aliphatic carbocycles. The summed E-state index contributed by atoms with van der Waals surface area (Å²) in [5, 5.41) is 2.60. The summed E-state index contributed by atoms with van der Waals surface area (Å²) in [7, 11) is 1.42. The highest BCUT2D eigenvalue weighted by molar-refractivity contribution is 6.02. The molecule has 0 bridgehead atoms. The lowest BCUT2D eigenvalue weighted by atomic mass is 10.0. The number of hydrogen-bond acceptors (Lipinski definition) is 4. The molecular weight excluding hydrogens is 270 g/mol. The summed E-state index contributed by atoms with van der Waals surface area (Å²) >= 11 is 0. The lowest BCUT2D eigenvalue weighted by Crippen LogP contribution is -2.52. The zero-order valence-corrected chi connectivity index (χ0v) is 11.7. The fourth-order valence-electron chi connectivity index (χ4n) is 2.10. The number of imide groups is 1. The third-order valence-electron chi connectivity index (χ3n) is 3.30. The highest BCUT2D eigenvalue weighted by atomic mass is 16.2. The van der Waals surface area contributed by atoms with Gasteiger partial charge in [0.05, 0.1) is 0 Å². The minimum Gasteiger partial charge on any atom is -0.399 e. The zero-order valence-electron chi connectivity index (χ0n) is 11.7. The second kappa shape index (κ2) is 6.21. The number of rotatable bonds is 3. The summed E-state index contributed by atoms with van der Waals surface area (Å²) in [5.74, 6) is -0.976. The average Bonchev–Trinajstić information content (AvgIpc) is 2.46. The van der Waals surface area contributed by atoms with Crippen LogP contribution < -0.4 is 11.1 Å². The summed E-state index contributed by atoms with van der Waals surface area (Å²) < 4.78 is 0. The van der Waals surface area contributed by atoms with Gasteiger partial charge in [-0.1, -0.05) is 12.1 Å².